The van der Waals surface area contributed by atoms with Crippen LogP contribution >= 0.6 is 15.9 Å². The number of nitrogens with zero attached hydrogens (tertiary/aromatic N) is 1. The number of rotatable bonds is 3. The highest BCUT2D eigenvalue weighted by Gasteiger charge is 2.20. The molecule has 1 fully saturated rings. The Labute approximate surface area is 104 Å². The molecule has 0 radical (unpaired) electrons. The van der Waals surface area contributed by atoms with Gasteiger partial charge in [0.2, 0.25) is 0 Å². The number of hydrogen-bond acceptors (Lipinski definition) is 1. The molecule has 86 valence electrons. The minimum atomic E-state index is 0.181. The van der Waals surface area contributed by atoms with Crippen molar-refractivity contribution >= 4 is 21.9 Å². The second-order valence-electron chi connectivity index (χ2n) is 4.17. The summed E-state index contributed by atoms with van der Waals surface area (Å²) in [6, 6.07) is 8.83. The van der Waals surface area contributed by atoms with Crippen molar-refractivity contribution in [3.63, 3.8) is 0 Å². The summed E-state index contributed by atoms with van der Waals surface area (Å²) in [4.78, 5) is 4.35. The predicted molar refractivity (Wildman–Crippen MR) is 70.3 cm³/mol. The van der Waals surface area contributed by atoms with Crippen LogP contribution in [0.5, 0.6) is 0 Å². The molecule has 4 heteroatoms. The highest BCUT2D eigenvalue weighted by Crippen LogP contribution is 2.23. The fourth-order valence-corrected chi connectivity index (χ4v) is 1.94. The van der Waals surface area contributed by atoms with Crippen LogP contribution in [0.4, 0.5) is 0 Å². The van der Waals surface area contributed by atoms with E-state index in [0.29, 0.717) is 12.0 Å². The minimum Gasteiger partial charge on any atom is -0.370 e. The van der Waals surface area contributed by atoms with Crippen molar-refractivity contribution in [2.45, 2.75) is 31.8 Å². The largest absolute Gasteiger partial charge is 0.370 e. The highest BCUT2D eigenvalue weighted by atomic mass is 79.9. The summed E-state index contributed by atoms with van der Waals surface area (Å²) in [7, 11) is 0. The fourth-order valence-electron chi connectivity index (χ4n) is 1.52. The SMILES string of the molecule is CC(NC(N)=NC1CC1)c1cccc(Br)c1. The average molecular weight is 282 g/mol. The molecule has 1 atom stereocenters. The van der Waals surface area contributed by atoms with Crippen LogP contribution in [0.3, 0.4) is 0 Å². The summed E-state index contributed by atoms with van der Waals surface area (Å²) in [6.45, 7) is 2.08. The van der Waals surface area contributed by atoms with Crippen molar-refractivity contribution in [1.29, 1.82) is 0 Å². The number of nitrogens with two attached hydrogens (primary N) is 1. The summed E-state index contributed by atoms with van der Waals surface area (Å²) in [5, 5.41) is 3.20. The van der Waals surface area contributed by atoms with Gasteiger partial charge in [0.25, 0.3) is 0 Å². The first-order valence-electron chi connectivity index (χ1n) is 5.50. The van der Waals surface area contributed by atoms with Crippen LogP contribution in [-0.4, -0.2) is 12.0 Å². The van der Waals surface area contributed by atoms with Gasteiger partial charge >= 0.3 is 0 Å². The maximum absolute atomic E-state index is 5.82. The van der Waals surface area contributed by atoms with Gasteiger partial charge in [-0.3, -0.25) is 4.99 Å². The highest BCUT2D eigenvalue weighted by molar-refractivity contribution is 9.10. The third-order valence-corrected chi connectivity index (χ3v) is 3.07. The molecule has 2 rings (SSSR count). The van der Waals surface area contributed by atoms with Crippen LogP contribution in [0.25, 0.3) is 0 Å². The predicted octanol–water partition coefficient (Wildman–Crippen LogP) is 2.58. The van der Waals surface area contributed by atoms with E-state index < -0.39 is 0 Å². The van der Waals surface area contributed by atoms with Crippen molar-refractivity contribution in [3.8, 4) is 0 Å². The summed E-state index contributed by atoms with van der Waals surface area (Å²) in [6.07, 6.45) is 2.35. The number of nitrogens with one attached hydrogen (secondary N) is 1. The van der Waals surface area contributed by atoms with Crippen molar-refractivity contribution in [1.82, 2.24) is 5.32 Å². The quantitative estimate of drug-likeness (QED) is 0.661. The molecule has 0 spiro atoms. The first-order chi connectivity index (χ1) is 7.65. The van der Waals surface area contributed by atoms with Crippen LogP contribution in [0, 0.1) is 0 Å². The Balaban J connectivity index is 1.99. The molecule has 0 amide bonds. The van der Waals surface area contributed by atoms with Crippen LogP contribution in [0.2, 0.25) is 0 Å². The Morgan fingerprint density at radius 1 is 1.56 bits per heavy atom. The lowest BCUT2D eigenvalue weighted by molar-refractivity contribution is 0.707. The Bertz CT molecular complexity index is 399. The number of guanidine groups is 1. The molecule has 0 bridgehead atoms. The lowest BCUT2D eigenvalue weighted by Gasteiger charge is -2.15. The lowest BCUT2D eigenvalue weighted by Crippen LogP contribution is -2.34. The molecule has 1 saturated carbocycles. The molecule has 3 nitrogen and oxygen atoms in total. The summed E-state index contributed by atoms with van der Waals surface area (Å²) in [5.41, 5.74) is 7.02. The zero-order valence-electron chi connectivity index (χ0n) is 9.28. The Hall–Kier alpha value is -1.03. The third-order valence-electron chi connectivity index (χ3n) is 2.58. The van der Waals surface area contributed by atoms with Gasteiger partial charge in [-0.15, -0.1) is 0 Å². The van der Waals surface area contributed by atoms with E-state index in [0.717, 1.165) is 4.47 Å². The molecule has 16 heavy (non-hydrogen) atoms. The second kappa shape index (κ2) is 4.87. The van der Waals surface area contributed by atoms with E-state index in [1.807, 2.05) is 12.1 Å². The zero-order valence-corrected chi connectivity index (χ0v) is 10.9. The molecule has 0 heterocycles. The molecular weight excluding hydrogens is 266 g/mol. The van der Waals surface area contributed by atoms with Gasteiger partial charge in [-0.25, -0.2) is 0 Å². The first-order valence-corrected chi connectivity index (χ1v) is 6.30. The number of aliphatic imine (C=N–C) groups is 1. The van der Waals surface area contributed by atoms with Crippen LogP contribution in [-0.2, 0) is 0 Å². The molecule has 1 unspecified atom stereocenters. The monoisotopic (exact) mass is 281 g/mol. The van der Waals surface area contributed by atoms with Crippen molar-refractivity contribution in [2.24, 2.45) is 10.7 Å². The van der Waals surface area contributed by atoms with Crippen molar-refractivity contribution in [2.75, 3.05) is 0 Å². The van der Waals surface area contributed by atoms with E-state index in [2.05, 4.69) is 45.3 Å². The molecular formula is C12H16BrN3. The van der Waals surface area contributed by atoms with Gasteiger partial charge in [0, 0.05) is 4.47 Å². The summed E-state index contributed by atoms with van der Waals surface area (Å²) in [5.74, 6) is 0.551. The minimum absolute atomic E-state index is 0.181. The maximum Gasteiger partial charge on any atom is 0.189 e. The Morgan fingerprint density at radius 2 is 2.31 bits per heavy atom. The van der Waals surface area contributed by atoms with E-state index >= 15 is 0 Å². The van der Waals surface area contributed by atoms with Gasteiger partial charge in [0.05, 0.1) is 12.1 Å². The van der Waals surface area contributed by atoms with Crippen LogP contribution in [0.15, 0.2) is 33.7 Å². The van der Waals surface area contributed by atoms with E-state index in [1.165, 1.54) is 18.4 Å². The van der Waals surface area contributed by atoms with E-state index in [-0.39, 0.29) is 6.04 Å². The second-order valence-corrected chi connectivity index (χ2v) is 5.08. The molecule has 1 aromatic rings. The molecule has 1 aromatic carbocycles. The maximum atomic E-state index is 5.82. The molecule has 0 saturated heterocycles. The van der Waals surface area contributed by atoms with Crippen molar-refractivity contribution in [3.05, 3.63) is 34.3 Å². The van der Waals surface area contributed by atoms with Gasteiger partial charge < -0.3 is 11.1 Å². The lowest BCUT2D eigenvalue weighted by atomic mass is 10.1. The van der Waals surface area contributed by atoms with Gasteiger partial charge in [-0.1, -0.05) is 28.1 Å². The number of hydrogen-bond donors (Lipinski definition) is 2. The molecule has 1 aliphatic carbocycles. The number of benzene rings is 1. The summed E-state index contributed by atoms with van der Waals surface area (Å²) < 4.78 is 1.08. The van der Waals surface area contributed by atoms with Gasteiger partial charge in [-0.05, 0) is 37.5 Å². The van der Waals surface area contributed by atoms with Crippen LogP contribution in [0.1, 0.15) is 31.4 Å². The normalized spacial score (nSPS) is 18.2. The van der Waals surface area contributed by atoms with E-state index in [4.69, 9.17) is 5.73 Å². The van der Waals surface area contributed by atoms with E-state index in [1.54, 1.807) is 0 Å². The average Bonchev–Trinajstić information content (AvgIpc) is 3.01. The molecule has 1 aliphatic rings. The van der Waals surface area contributed by atoms with Gasteiger partial charge in [0.15, 0.2) is 5.96 Å². The smallest absolute Gasteiger partial charge is 0.189 e. The first kappa shape index (κ1) is 11.5. The van der Waals surface area contributed by atoms with Crippen molar-refractivity contribution < 1.29 is 0 Å². The molecule has 0 aromatic heterocycles. The molecule has 0 aliphatic heterocycles. The number of halogens is 1. The fraction of sp³-hybridized carbons (Fsp3) is 0.417. The topological polar surface area (TPSA) is 50.4 Å². The van der Waals surface area contributed by atoms with Gasteiger partial charge in [-0.2, -0.15) is 0 Å². The van der Waals surface area contributed by atoms with Gasteiger partial charge in [0.1, 0.15) is 0 Å². The standard InChI is InChI=1S/C12H16BrN3/c1-8(9-3-2-4-10(13)7-9)15-12(14)16-11-5-6-11/h2-4,7-8,11H,5-6H2,1H3,(H3,14,15,16). The molecule has 3 N–H and O–H groups in total. The zero-order chi connectivity index (χ0) is 11.5. The van der Waals surface area contributed by atoms with Crippen LogP contribution < -0.4 is 11.1 Å². The summed E-state index contributed by atoms with van der Waals surface area (Å²) >= 11 is 3.46. The van der Waals surface area contributed by atoms with E-state index in [9.17, 15) is 0 Å². The third kappa shape index (κ3) is 3.23. The Kier molecular flexibility index (Phi) is 3.49. The Morgan fingerprint density at radius 3 is 2.94 bits per heavy atom.